The predicted octanol–water partition coefficient (Wildman–Crippen LogP) is 13.4. The van der Waals surface area contributed by atoms with Crippen LogP contribution in [0, 0.1) is 0 Å². The van der Waals surface area contributed by atoms with Gasteiger partial charge in [-0.2, -0.15) is 9.13 Å². The van der Waals surface area contributed by atoms with E-state index in [-0.39, 0.29) is 12.0 Å². The highest BCUT2D eigenvalue weighted by atomic mass is 16.3. The van der Waals surface area contributed by atoms with Crippen LogP contribution in [0.15, 0.2) is 138 Å². The maximum Gasteiger partial charge on any atom is 0.294 e. The Morgan fingerprint density at radius 2 is 1.27 bits per heavy atom. The summed E-state index contributed by atoms with van der Waals surface area (Å²) in [6.07, 6.45) is 11.2. The Kier molecular flexibility index (Phi) is 9.35. The first-order valence-electron chi connectivity index (χ1n) is 22.2. The van der Waals surface area contributed by atoms with Gasteiger partial charge in [0.05, 0.1) is 16.5 Å². The molecule has 3 aromatic heterocycles. The summed E-state index contributed by atoms with van der Waals surface area (Å²) >= 11 is 0. The molecular formula is C55H58N4O+2. The summed E-state index contributed by atoms with van der Waals surface area (Å²) in [5.41, 5.74) is 16.4. The summed E-state index contributed by atoms with van der Waals surface area (Å²) in [4.78, 5) is 0. The van der Waals surface area contributed by atoms with E-state index in [9.17, 15) is 0 Å². The van der Waals surface area contributed by atoms with Gasteiger partial charge in [0.15, 0.2) is 0 Å². The summed E-state index contributed by atoms with van der Waals surface area (Å²) in [7, 11) is 0. The second-order valence-electron chi connectivity index (χ2n) is 18.6. The van der Waals surface area contributed by atoms with Crippen LogP contribution in [-0.2, 0) is 13.0 Å². The molecule has 5 heterocycles. The molecule has 0 saturated carbocycles. The first-order valence-corrected chi connectivity index (χ1v) is 22.2. The van der Waals surface area contributed by atoms with E-state index in [1.165, 1.54) is 78.5 Å². The number of nitrogens with zero attached hydrogens (tertiary/aromatic N) is 4. The average molecular weight is 791 g/mol. The molecule has 60 heavy (non-hydrogen) atoms. The van der Waals surface area contributed by atoms with E-state index < -0.39 is 0 Å². The number of fused-ring (bicyclic) bond motifs is 12. The van der Waals surface area contributed by atoms with Crippen LogP contribution in [0.5, 0.6) is 0 Å². The standard InChI is InChI=1S/C55H58N4O/c1-33(2)39-22-16-23-40(34(3)4)51(39)58-30-29-57-50-37(9)32-56-27-28-59(52-46(35(5)6)31-47(36(7)8)53-49(52)45-21-14-15-24-48(45)60-53)54(56)41-18-11-10-17-38(41)25-26-43(50)42-19-12-13-20-44(42)55(57)58/h10-24,27-31,33-36,43,50H,9,25-26,32H2,1-8H3/q+2. The summed E-state index contributed by atoms with van der Waals surface area (Å²) < 4.78 is 16.8. The van der Waals surface area contributed by atoms with Crippen molar-refractivity contribution in [3.05, 3.63) is 167 Å². The van der Waals surface area contributed by atoms with Crippen LogP contribution in [0.4, 0.5) is 0 Å². The topological polar surface area (TPSA) is 30.8 Å². The number of para-hydroxylation sites is 2. The molecule has 0 spiro atoms. The summed E-state index contributed by atoms with van der Waals surface area (Å²) in [6.45, 7) is 24.2. The molecule has 5 nitrogen and oxygen atoms in total. The van der Waals surface area contributed by atoms with Crippen molar-refractivity contribution < 1.29 is 13.6 Å². The van der Waals surface area contributed by atoms with Gasteiger partial charge in [-0.3, -0.25) is 0 Å². The van der Waals surface area contributed by atoms with Crippen LogP contribution in [-0.4, -0.2) is 9.13 Å². The molecule has 0 bridgehead atoms. The molecule has 2 unspecified atom stereocenters. The van der Waals surface area contributed by atoms with Gasteiger partial charge in [-0.05, 0) is 77.5 Å². The van der Waals surface area contributed by atoms with Crippen LogP contribution >= 0.6 is 0 Å². The summed E-state index contributed by atoms with van der Waals surface area (Å²) in [6, 6.07) is 36.3. The van der Waals surface area contributed by atoms with Gasteiger partial charge in [0, 0.05) is 33.6 Å². The third-order valence-electron chi connectivity index (χ3n) is 13.5. The summed E-state index contributed by atoms with van der Waals surface area (Å²) in [5, 5.41) is 2.36. The molecule has 0 aliphatic carbocycles. The highest BCUT2D eigenvalue weighted by Gasteiger charge is 2.44. The zero-order valence-electron chi connectivity index (χ0n) is 36.5. The minimum absolute atomic E-state index is 0.0694. The number of aromatic nitrogens is 4. The number of hydrogen-bond donors (Lipinski definition) is 0. The molecule has 302 valence electrons. The van der Waals surface area contributed by atoms with Crippen LogP contribution in [0.3, 0.4) is 0 Å². The first-order chi connectivity index (χ1) is 29.0. The monoisotopic (exact) mass is 790 g/mol. The highest BCUT2D eigenvalue weighted by molar-refractivity contribution is 6.11. The lowest BCUT2D eigenvalue weighted by Crippen LogP contribution is -2.50. The van der Waals surface area contributed by atoms with Crippen molar-refractivity contribution in [1.82, 2.24) is 9.13 Å². The van der Waals surface area contributed by atoms with E-state index in [1.54, 1.807) is 0 Å². The largest absolute Gasteiger partial charge is 0.456 e. The molecule has 5 heteroatoms. The fourth-order valence-corrected chi connectivity index (χ4v) is 10.7. The van der Waals surface area contributed by atoms with Gasteiger partial charge in [-0.15, -0.1) is 0 Å². The van der Waals surface area contributed by atoms with Crippen molar-refractivity contribution in [2.75, 3.05) is 0 Å². The van der Waals surface area contributed by atoms with E-state index in [1.807, 2.05) is 0 Å². The minimum Gasteiger partial charge on any atom is -0.456 e. The van der Waals surface area contributed by atoms with E-state index in [0.717, 1.165) is 29.4 Å². The van der Waals surface area contributed by atoms with E-state index in [4.69, 9.17) is 11.0 Å². The Balaban J connectivity index is 1.20. The Morgan fingerprint density at radius 1 is 0.633 bits per heavy atom. The zero-order valence-corrected chi connectivity index (χ0v) is 36.5. The van der Waals surface area contributed by atoms with Crippen LogP contribution in [0.1, 0.15) is 131 Å². The fraction of sp³-hybridized carbons (Fsp3) is 0.309. The molecule has 2 aliphatic rings. The van der Waals surface area contributed by atoms with Crippen LogP contribution in [0.25, 0.3) is 56.1 Å². The number of furan rings is 1. The third-order valence-corrected chi connectivity index (χ3v) is 13.5. The second-order valence-corrected chi connectivity index (χ2v) is 18.6. The number of benzene rings is 5. The Morgan fingerprint density at radius 3 is 2.00 bits per heavy atom. The maximum atomic E-state index is 6.79. The second kappa shape index (κ2) is 14.7. The van der Waals surface area contributed by atoms with Gasteiger partial charge < -0.3 is 4.42 Å². The van der Waals surface area contributed by atoms with Gasteiger partial charge in [-0.1, -0.05) is 135 Å². The molecule has 8 aromatic rings. The maximum absolute atomic E-state index is 6.79. The average Bonchev–Trinajstić information content (AvgIpc) is 3.97. The predicted molar refractivity (Wildman–Crippen MR) is 246 cm³/mol. The highest BCUT2D eigenvalue weighted by Crippen LogP contribution is 2.47. The lowest BCUT2D eigenvalue weighted by Gasteiger charge is -2.33. The van der Waals surface area contributed by atoms with Crippen molar-refractivity contribution in [1.29, 1.82) is 0 Å². The molecule has 0 N–H and O–H groups in total. The Hall–Kier alpha value is -5.94. The quantitative estimate of drug-likeness (QED) is 0.122. The van der Waals surface area contributed by atoms with Crippen molar-refractivity contribution in [2.24, 2.45) is 0 Å². The van der Waals surface area contributed by atoms with Gasteiger partial charge in [-0.25, -0.2) is 9.13 Å². The smallest absolute Gasteiger partial charge is 0.294 e. The van der Waals surface area contributed by atoms with Gasteiger partial charge in [0.1, 0.15) is 59.9 Å². The van der Waals surface area contributed by atoms with Crippen molar-refractivity contribution in [2.45, 2.75) is 110 Å². The SMILES string of the molecule is C=C1C[n+]2ccn(-c3c(C(C)C)cc(C(C)C)c4oc5ccccc5c34)c2-c2ccccc2CCC2c3ccccc3-c3n(-c4c(C(C)C)cccc4C(C)C)cc[n+]3C12. The van der Waals surface area contributed by atoms with Gasteiger partial charge in [0.25, 0.3) is 11.6 Å². The van der Waals surface area contributed by atoms with E-state index in [2.05, 4.69) is 196 Å². The number of allylic oxidation sites excluding steroid dienone is 1. The first kappa shape index (κ1) is 38.3. The molecule has 2 atom stereocenters. The van der Waals surface area contributed by atoms with E-state index >= 15 is 0 Å². The molecule has 5 aromatic carbocycles. The molecular weight excluding hydrogens is 733 g/mol. The third kappa shape index (κ3) is 5.87. The molecule has 10 rings (SSSR count). The lowest BCUT2D eigenvalue weighted by atomic mass is 9.77. The fourth-order valence-electron chi connectivity index (χ4n) is 10.7. The van der Waals surface area contributed by atoms with Gasteiger partial charge >= 0.3 is 0 Å². The van der Waals surface area contributed by atoms with E-state index in [0.29, 0.717) is 30.2 Å². The zero-order chi connectivity index (χ0) is 41.6. The summed E-state index contributed by atoms with van der Waals surface area (Å²) in [5.74, 6) is 4.06. The number of imidazole rings is 2. The minimum atomic E-state index is 0.0694. The molecule has 0 amide bonds. The lowest BCUT2D eigenvalue weighted by molar-refractivity contribution is -0.722. The van der Waals surface area contributed by atoms with Crippen LogP contribution < -0.4 is 9.13 Å². The number of hydrogen-bond acceptors (Lipinski definition) is 1. The molecule has 0 radical (unpaired) electrons. The van der Waals surface area contributed by atoms with Gasteiger partial charge in [0.2, 0.25) is 0 Å². The Labute approximate surface area is 355 Å². The molecule has 2 aliphatic heterocycles. The van der Waals surface area contributed by atoms with Crippen molar-refractivity contribution in [3.63, 3.8) is 0 Å². The van der Waals surface area contributed by atoms with Crippen molar-refractivity contribution >= 4 is 21.9 Å². The molecule has 0 saturated heterocycles. The number of aryl methyl sites for hydroxylation is 1. The number of rotatable bonds is 6. The Bertz CT molecular complexity index is 2940. The van der Waals surface area contributed by atoms with Crippen LogP contribution in [0.2, 0.25) is 0 Å². The van der Waals surface area contributed by atoms with Crippen molar-refractivity contribution in [3.8, 4) is 34.2 Å². The normalized spacial score (nSPS) is 16.4. The molecule has 0 fully saturated rings.